The van der Waals surface area contributed by atoms with Gasteiger partial charge >= 0.3 is 5.97 Å². The Morgan fingerprint density at radius 3 is 2.39 bits per heavy atom. The normalized spacial score (nSPS) is 10.5. The molecule has 0 aromatic heterocycles. The summed E-state index contributed by atoms with van der Waals surface area (Å²) in [6, 6.07) is 20.2. The monoisotopic (exact) mass is 376 g/mol. The van der Waals surface area contributed by atoms with Crippen LogP contribution in [0, 0.1) is 5.82 Å². The van der Waals surface area contributed by atoms with Crippen LogP contribution in [0.25, 0.3) is 22.3 Å². The Bertz CT molecular complexity index is 980. The molecule has 142 valence electrons. The minimum atomic E-state index is -0.529. The number of hydrogen-bond acceptors (Lipinski definition) is 3. The van der Waals surface area contributed by atoms with Gasteiger partial charge in [0.05, 0.1) is 0 Å². The highest BCUT2D eigenvalue weighted by Crippen LogP contribution is 2.29. The van der Waals surface area contributed by atoms with Crippen molar-refractivity contribution in [1.82, 2.24) is 0 Å². The number of hydrogen-bond donors (Lipinski definition) is 1. The molecule has 3 nitrogen and oxygen atoms in total. The Hall–Kier alpha value is -3.24. The van der Waals surface area contributed by atoms with E-state index >= 15 is 0 Å². The van der Waals surface area contributed by atoms with Crippen LogP contribution in [-0.4, -0.2) is 17.7 Å². The van der Waals surface area contributed by atoms with Crippen molar-refractivity contribution in [2.45, 2.75) is 13.0 Å². The highest BCUT2D eigenvalue weighted by Gasteiger charge is 2.11. The van der Waals surface area contributed by atoms with Crippen molar-refractivity contribution in [2.24, 2.45) is 0 Å². The Kier molecular flexibility index (Phi) is 6.35. The lowest BCUT2D eigenvalue weighted by Crippen LogP contribution is -2.04. The van der Waals surface area contributed by atoms with Crippen LogP contribution >= 0.6 is 0 Å². The van der Waals surface area contributed by atoms with E-state index in [2.05, 4.69) is 6.58 Å². The fourth-order valence-electron chi connectivity index (χ4n) is 3.06. The number of carbonyl (C=O) groups is 1. The highest BCUT2D eigenvalue weighted by atomic mass is 19.1. The summed E-state index contributed by atoms with van der Waals surface area (Å²) in [4.78, 5) is 11.4. The second kappa shape index (κ2) is 9.11. The average molecular weight is 376 g/mol. The van der Waals surface area contributed by atoms with Crippen LogP contribution in [0.2, 0.25) is 0 Å². The molecule has 0 bridgehead atoms. The minimum Gasteiger partial charge on any atom is -0.458 e. The molecule has 3 aromatic rings. The minimum absolute atomic E-state index is 0.0259. The Balaban J connectivity index is 1.94. The summed E-state index contributed by atoms with van der Waals surface area (Å²) in [5, 5.41) is 9.25. The first-order valence-corrected chi connectivity index (χ1v) is 8.99. The Labute approximate surface area is 163 Å². The average Bonchev–Trinajstić information content (AvgIpc) is 2.73. The maximum absolute atomic E-state index is 14.8. The summed E-state index contributed by atoms with van der Waals surface area (Å²) >= 11 is 0. The summed E-state index contributed by atoms with van der Waals surface area (Å²) < 4.78 is 20.0. The number of rotatable bonds is 7. The smallest absolute Gasteiger partial charge is 0.330 e. The maximum atomic E-state index is 14.8. The molecule has 0 unspecified atom stereocenters. The third kappa shape index (κ3) is 4.53. The van der Waals surface area contributed by atoms with E-state index in [1.54, 1.807) is 12.1 Å². The number of ether oxygens (including phenoxy) is 1. The number of esters is 1. The molecule has 0 saturated carbocycles. The van der Waals surface area contributed by atoms with Gasteiger partial charge in [0.1, 0.15) is 12.4 Å². The van der Waals surface area contributed by atoms with Gasteiger partial charge in [-0.2, -0.15) is 0 Å². The van der Waals surface area contributed by atoms with Crippen LogP contribution in [0.3, 0.4) is 0 Å². The van der Waals surface area contributed by atoms with Crippen molar-refractivity contribution >= 4 is 5.97 Å². The largest absolute Gasteiger partial charge is 0.458 e. The maximum Gasteiger partial charge on any atom is 0.330 e. The van der Waals surface area contributed by atoms with Crippen molar-refractivity contribution in [3.05, 3.63) is 96.3 Å². The molecule has 0 amide bonds. The lowest BCUT2D eigenvalue weighted by Gasteiger charge is -2.13. The van der Waals surface area contributed by atoms with Crippen molar-refractivity contribution in [2.75, 3.05) is 6.61 Å². The van der Waals surface area contributed by atoms with Crippen molar-refractivity contribution in [3.8, 4) is 22.3 Å². The van der Waals surface area contributed by atoms with Crippen LogP contribution in [0.15, 0.2) is 79.4 Å². The molecular weight excluding hydrogens is 355 g/mol. The second-order valence-electron chi connectivity index (χ2n) is 6.33. The summed E-state index contributed by atoms with van der Waals surface area (Å²) in [6.07, 6.45) is 1.52. The topological polar surface area (TPSA) is 46.5 Å². The molecule has 0 spiro atoms. The van der Waals surface area contributed by atoms with E-state index in [1.807, 2.05) is 48.5 Å². The number of carbonyl (C=O) groups excluding carboxylic acids is 1. The van der Waals surface area contributed by atoms with Gasteiger partial charge in [0.15, 0.2) is 0 Å². The molecule has 0 atom stereocenters. The van der Waals surface area contributed by atoms with Gasteiger partial charge in [-0.25, -0.2) is 9.18 Å². The molecule has 3 rings (SSSR count). The van der Waals surface area contributed by atoms with Gasteiger partial charge < -0.3 is 9.84 Å². The molecular formula is C24H21FO3. The molecule has 4 heteroatoms. The Morgan fingerprint density at radius 2 is 1.71 bits per heavy atom. The van der Waals surface area contributed by atoms with Crippen molar-refractivity contribution in [1.29, 1.82) is 0 Å². The van der Waals surface area contributed by atoms with Crippen LogP contribution in [-0.2, 0) is 22.6 Å². The van der Waals surface area contributed by atoms with Crippen molar-refractivity contribution in [3.63, 3.8) is 0 Å². The molecule has 1 N–H and O–H groups in total. The first kappa shape index (κ1) is 19.5. The highest BCUT2D eigenvalue weighted by molar-refractivity contribution is 5.81. The molecule has 0 aliphatic heterocycles. The fraction of sp³-hybridized carbons (Fsp3) is 0.125. The van der Waals surface area contributed by atoms with E-state index in [9.17, 15) is 14.3 Å². The van der Waals surface area contributed by atoms with Crippen LogP contribution in [0.4, 0.5) is 4.39 Å². The predicted octanol–water partition coefficient (Wildman–Crippen LogP) is 4.92. The molecule has 0 radical (unpaired) electrons. The lowest BCUT2D eigenvalue weighted by atomic mass is 9.96. The fourth-order valence-corrected chi connectivity index (χ4v) is 3.06. The van der Waals surface area contributed by atoms with E-state index in [0.29, 0.717) is 17.5 Å². The zero-order valence-electron chi connectivity index (χ0n) is 15.4. The molecule has 0 heterocycles. The van der Waals surface area contributed by atoms with Gasteiger partial charge in [-0.15, -0.1) is 0 Å². The van der Waals surface area contributed by atoms with Crippen molar-refractivity contribution < 1.29 is 19.0 Å². The van der Waals surface area contributed by atoms with Crippen LogP contribution in [0.5, 0.6) is 0 Å². The first-order valence-electron chi connectivity index (χ1n) is 8.99. The summed E-state index contributed by atoms with van der Waals surface area (Å²) in [5.41, 5.74) is 4.48. The SMILES string of the molecule is C=CC(=O)OCc1cc(-c2ccc(-c3ccccc3)cc2F)ccc1CCO. The third-order valence-corrected chi connectivity index (χ3v) is 4.51. The van der Waals surface area contributed by atoms with Gasteiger partial charge in [0.25, 0.3) is 0 Å². The summed E-state index contributed by atoms with van der Waals surface area (Å²) in [5.74, 6) is -0.857. The number of aliphatic hydroxyl groups excluding tert-OH is 1. The van der Waals surface area contributed by atoms with Gasteiger partial charge in [-0.3, -0.25) is 0 Å². The standard InChI is InChI=1S/C24H21FO3/c1-2-24(27)28-16-21-14-20(9-8-18(21)12-13-26)22-11-10-19(15-23(22)25)17-6-4-3-5-7-17/h2-11,14-15,26H,1,12-13,16H2. The number of halogens is 1. The second-order valence-corrected chi connectivity index (χ2v) is 6.33. The third-order valence-electron chi connectivity index (χ3n) is 4.51. The van der Waals surface area contributed by atoms with Gasteiger partial charge in [-0.05, 0) is 46.4 Å². The molecule has 28 heavy (non-hydrogen) atoms. The quantitative estimate of drug-likeness (QED) is 0.470. The molecule has 3 aromatic carbocycles. The molecule has 0 saturated heterocycles. The summed E-state index contributed by atoms with van der Waals surface area (Å²) in [7, 11) is 0. The van der Waals surface area contributed by atoms with Gasteiger partial charge in [-0.1, -0.05) is 61.2 Å². The van der Waals surface area contributed by atoms with E-state index < -0.39 is 5.97 Å². The van der Waals surface area contributed by atoms with E-state index in [1.165, 1.54) is 6.07 Å². The number of benzene rings is 3. The molecule has 0 aliphatic rings. The number of aliphatic hydroxyl groups is 1. The lowest BCUT2D eigenvalue weighted by molar-refractivity contribution is -0.138. The molecule has 0 fully saturated rings. The van der Waals surface area contributed by atoms with Crippen LogP contribution < -0.4 is 0 Å². The summed E-state index contributed by atoms with van der Waals surface area (Å²) in [6.45, 7) is 3.39. The van der Waals surface area contributed by atoms with E-state index in [-0.39, 0.29) is 19.0 Å². The van der Waals surface area contributed by atoms with E-state index in [4.69, 9.17) is 4.74 Å². The van der Waals surface area contributed by atoms with E-state index in [0.717, 1.165) is 28.3 Å². The zero-order valence-corrected chi connectivity index (χ0v) is 15.4. The van der Waals surface area contributed by atoms with Gasteiger partial charge in [0, 0.05) is 18.2 Å². The van der Waals surface area contributed by atoms with Gasteiger partial charge in [0.2, 0.25) is 0 Å². The Morgan fingerprint density at radius 1 is 0.964 bits per heavy atom. The predicted molar refractivity (Wildman–Crippen MR) is 108 cm³/mol. The first-order chi connectivity index (χ1) is 13.6. The van der Waals surface area contributed by atoms with Crippen LogP contribution in [0.1, 0.15) is 11.1 Å². The zero-order chi connectivity index (χ0) is 19.9. The molecule has 0 aliphatic carbocycles.